The molecule has 0 aliphatic carbocycles. The highest BCUT2D eigenvalue weighted by molar-refractivity contribution is 5.79. The maximum absolute atomic E-state index is 12.8. The lowest BCUT2D eigenvalue weighted by molar-refractivity contribution is -0.137. The van der Waals surface area contributed by atoms with E-state index in [4.69, 9.17) is 5.26 Å². The molecule has 130 valence electrons. The van der Waals surface area contributed by atoms with Gasteiger partial charge in [-0.2, -0.15) is 5.26 Å². The number of piperidine rings is 1. The molecule has 2 saturated heterocycles. The number of hydrogen-bond donors (Lipinski definition) is 1. The molecule has 1 amide bonds. The molecule has 1 aromatic heterocycles. The van der Waals surface area contributed by atoms with E-state index in [0.717, 1.165) is 70.6 Å². The molecular formula is C18H27N5O. The zero-order valence-corrected chi connectivity index (χ0v) is 14.5. The molecule has 24 heavy (non-hydrogen) atoms. The molecular weight excluding hydrogens is 302 g/mol. The third-order valence-corrected chi connectivity index (χ3v) is 5.14. The van der Waals surface area contributed by atoms with Crippen molar-refractivity contribution < 1.29 is 4.79 Å². The first kappa shape index (κ1) is 17.0. The number of H-pyrrole nitrogens is 1. The van der Waals surface area contributed by atoms with Crippen LogP contribution in [0.15, 0.2) is 12.3 Å². The predicted molar refractivity (Wildman–Crippen MR) is 92.2 cm³/mol. The van der Waals surface area contributed by atoms with Gasteiger partial charge in [0.15, 0.2) is 0 Å². The zero-order chi connectivity index (χ0) is 16.9. The summed E-state index contributed by atoms with van der Waals surface area (Å²) >= 11 is 0. The first-order chi connectivity index (χ1) is 11.7. The molecule has 3 rings (SSSR count). The van der Waals surface area contributed by atoms with Crippen molar-refractivity contribution in [1.82, 2.24) is 19.7 Å². The van der Waals surface area contributed by atoms with Gasteiger partial charge in [0.05, 0.1) is 5.92 Å². The predicted octanol–water partition coefficient (Wildman–Crippen LogP) is 1.26. The van der Waals surface area contributed by atoms with Crippen molar-refractivity contribution in [2.45, 2.75) is 25.8 Å². The Hall–Kier alpha value is -1.84. The zero-order valence-electron chi connectivity index (χ0n) is 14.5. The summed E-state index contributed by atoms with van der Waals surface area (Å²) in [7, 11) is 2.11. The van der Waals surface area contributed by atoms with Crippen LogP contribution in [0.3, 0.4) is 0 Å². The van der Waals surface area contributed by atoms with Crippen molar-refractivity contribution in [3.63, 3.8) is 0 Å². The summed E-state index contributed by atoms with van der Waals surface area (Å²) in [4.78, 5) is 22.5. The van der Waals surface area contributed by atoms with Gasteiger partial charge in [0, 0.05) is 45.5 Å². The van der Waals surface area contributed by atoms with Gasteiger partial charge in [-0.05, 0) is 44.5 Å². The second kappa shape index (κ2) is 7.82. The third-order valence-electron chi connectivity index (χ3n) is 5.14. The fraction of sp³-hybridized carbons (Fsp3) is 0.667. The largest absolute Gasteiger partial charge is 0.353 e. The second-order valence-electron chi connectivity index (χ2n) is 7.09. The number of nitriles is 1. The van der Waals surface area contributed by atoms with Crippen LogP contribution < -0.4 is 0 Å². The lowest BCUT2D eigenvalue weighted by Crippen LogP contribution is -2.44. The van der Waals surface area contributed by atoms with Gasteiger partial charge in [-0.15, -0.1) is 0 Å². The minimum atomic E-state index is 0.179. The Balaban J connectivity index is 1.52. The molecule has 3 heterocycles. The SMILES string of the molecule is CN1CCCC(C(=O)N2CCCN(Cc3c[nH]c(C#N)c3)CC2)C1. The lowest BCUT2D eigenvalue weighted by atomic mass is 9.97. The first-order valence-electron chi connectivity index (χ1n) is 8.93. The normalized spacial score (nSPS) is 23.7. The Morgan fingerprint density at radius 2 is 2.17 bits per heavy atom. The maximum Gasteiger partial charge on any atom is 0.227 e. The van der Waals surface area contributed by atoms with E-state index in [1.54, 1.807) is 0 Å². The smallest absolute Gasteiger partial charge is 0.227 e. The Morgan fingerprint density at radius 1 is 1.29 bits per heavy atom. The van der Waals surface area contributed by atoms with Crippen LogP contribution in [0.5, 0.6) is 0 Å². The van der Waals surface area contributed by atoms with Crippen LogP contribution in [-0.2, 0) is 11.3 Å². The number of carbonyl (C=O) groups is 1. The van der Waals surface area contributed by atoms with Gasteiger partial charge in [0.2, 0.25) is 5.91 Å². The standard InChI is InChI=1S/C18H27N5O/c1-21-5-2-4-16(14-21)18(24)23-7-3-6-22(8-9-23)13-15-10-17(11-19)20-12-15/h10,12,16,20H,2-9,13-14H2,1H3. The van der Waals surface area contributed by atoms with Crippen LogP contribution in [0, 0.1) is 17.2 Å². The highest BCUT2D eigenvalue weighted by Crippen LogP contribution is 2.19. The van der Waals surface area contributed by atoms with Crippen LogP contribution in [0.1, 0.15) is 30.5 Å². The fourth-order valence-corrected chi connectivity index (χ4v) is 3.83. The van der Waals surface area contributed by atoms with Gasteiger partial charge in [-0.1, -0.05) is 0 Å². The Morgan fingerprint density at radius 3 is 2.92 bits per heavy atom. The Kier molecular flexibility index (Phi) is 5.54. The first-order valence-corrected chi connectivity index (χ1v) is 8.93. The van der Waals surface area contributed by atoms with Gasteiger partial charge in [-0.3, -0.25) is 9.69 Å². The fourth-order valence-electron chi connectivity index (χ4n) is 3.83. The molecule has 1 atom stereocenters. The molecule has 0 radical (unpaired) electrons. The van der Waals surface area contributed by atoms with E-state index in [-0.39, 0.29) is 5.92 Å². The van der Waals surface area contributed by atoms with Crippen molar-refractivity contribution in [2.75, 3.05) is 46.3 Å². The summed E-state index contributed by atoms with van der Waals surface area (Å²) in [6, 6.07) is 4.04. The molecule has 6 heteroatoms. The quantitative estimate of drug-likeness (QED) is 0.907. The van der Waals surface area contributed by atoms with Crippen molar-refractivity contribution in [2.24, 2.45) is 5.92 Å². The van der Waals surface area contributed by atoms with E-state index >= 15 is 0 Å². The molecule has 1 aromatic rings. The number of hydrogen-bond acceptors (Lipinski definition) is 4. The monoisotopic (exact) mass is 329 g/mol. The Bertz CT molecular complexity index is 605. The van der Waals surface area contributed by atoms with Gasteiger partial charge < -0.3 is 14.8 Å². The van der Waals surface area contributed by atoms with Gasteiger partial charge >= 0.3 is 0 Å². The molecule has 0 bridgehead atoms. The molecule has 0 aromatic carbocycles. The number of nitrogens with one attached hydrogen (secondary N) is 1. The summed E-state index contributed by atoms with van der Waals surface area (Å²) in [5, 5.41) is 8.90. The summed E-state index contributed by atoms with van der Waals surface area (Å²) in [6.07, 6.45) is 5.08. The van der Waals surface area contributed by atoms with Crippen molar-refractivity contribution >= 4 is 5.91 Å². The highest BCUT2D eigenvalue weighted by atomic mass is 16.2. The number of likely N-dealkylation sites (tertiary alicyclic amines) is 1. The van der Waals surface area contributed by atoms with Gasteiger partial charge in [0.25, 0.3) is 0 Å². The summed E-state index contributed by atoms with van der Waals surface area (Å²) in [5.74, 6) is 0.523. The van der Waals surface area contributed by atoms with Crippen LogP contribution in [0.2, 0.25) is 0 Å². The average Bonchev–Trinajstić information content (AvgIpc) is 2.91. The number of nitrogens with zero attached hydrogens (tertiary/aromatic N) is 4. The molecule has 2 aliphatic heterocycles. The molecule has 6 nitrogen and oxygen atoms in total. The number of aromatic amines is 1. The topological polar surface area (TPSA) is 66.4 Å². The number of amides is 1. The summed E-state index contributed by atoms with van der Waals surface area (Å²) in [6.45, 7) is 6.44. The lowest BCUT2D eigenvalue weighted by Gasteiger charge is -2.32. The molecule has 1 N–H and O–H groups in total. The van der Waals surface area contributed by atoms with Crippen LogP contribution >= 0.6 is 0 Å². The number of rotatable bonds is 3. The van der Waals surface area contributed by atoms with E-state index in [2.05, 4.69) is 32.8 Å². The van der Waals surface area contributed by atoms with Crippen LogP contribution in [0.4, 0.5) is 0 Å². The molecule has 2 aliphatic rings. The third kappa shape index (κ3) is 4.16. The number of carbonyl (C=O) groups excluding carboxylic acids is 1. The van der Waals surface area contributed by atoms with E-state index in [1.807, 2.05) is 12.3 Å². The van der Waals surface area contributed by atoms with Crippen molar-refractivity contribution in [3.8, 4) is 6.07 Å². The van der Waals surface area contributed by atoms with E-state index in [0.29, 0.717) is 11.6 Å². The van der Waals surface area contributed by atoms with Gasteiger partial charge in [-0.25, -0.2) is 0 Å². The van der Waals surface area contributed by atoms with Crippen LogP contribution in [-0.4, -0.2) is 71.9 Å². The summed E-state index contributed by atoms with van der Waals surface area (Å²) < 4.78 is 0. The molecule has 0 spiro atoms. The molecule has 1 unspecified atom stereocenters. The van der Waals surface area contributed by atoms with Gasteiger partial charge in [0.1, 0.15) is 11.8 Å². The van der Waals surface area contributed by atoms with Crippen molar-refractivity contribution in [3.05, 3.63) is 23.5 Å². The minimum Gasteiger partial charge on any atom is -0.353 e. The van der Waals surface area contributed by atoms with Crippen molar-refractivity contribution in [1.29, 1.82) is 5.26 Å². The molecule has 2 fully saturated rings. The Labute approximate surface area is 144 Å². The summed E-state index contributed by atoms with van der Waals surface area (Å²) in [5.41, 5.74) is 1.75. The van der Waals surface area contributed by atoms with E-state index in [1.165, 1.54) is 0 Å². The van der Waals surface area contributed by atoms with E-state index in [9.17, 15) is 4.79 Å². The number of aromatic nitrogens is 1. The minimum absolute atomic E-state index is 0.179. The highest BCUT2D eigenvalue weighted by Gasteiger charge is 2.29. The van der Waals surface area contributed by atoms with Crippen LogP contribution in [0.25, 0.3) is 0 Å². The van der Waals surface area contributed by atoms with E-state index < -0.39 is 0 Å². The second-order valence-corrected chi connectivity index (χ2v) is 7.09. The maximum atomic E-state index is 12.8. The average molecular weight is 329 g/mol. The molecule has 0 saturated carbocycles.